The van der Waals surface area contributed by atoms with Crippen LogP contribution in [0.15, 0.2) is 38.8 Å². The summed E-state index contributed by atoms with van der Waals surface area (Å²) in [6, 6.07) is 1.63. The van der Waals surface area contributed by atoms with E-state index in [4.69, 9.17) is 5.73 Å². The van der Waals surface area contributed by atoms with Crippen molar-refractivity contribution < 1.29 is 0 Å². The Morgan fingerprint density at radius 1 is 1.69 bits per heavy atom. The normalized spacial score (nSPS) is 12.1. The minimum Gasteiger partial charge on any atom is -0.394 e. The summed E-state index contributed by atoms with van der Waals surface area (Å²) < 4.78 is 2.22. The first-order valence-electron chi connectivity index (χ1n) is 4.58. The maximum Gasteiger partial charge on any atom is 0.276 e. The van der Waals surface area contributed by atoms with Crippen LogP contribution in [0.5, 0.6) is 0 Å². The molecule has 0 saturated carbocycles. The Hall–Kier alpha value is -1.56. The summed E-state index contributed by atoms with van der Waals surface area (Å²) in [5.74, 6) is 0.268. The third-order valence-corrected chi connectivity index (χ3v) is 2.24. The van der Waals surface area contributed by atoms with E-state index in [2.05, 4.69) is 26.2 Å². The summed E-state index contributed by atoms with van der Waals surface area (Å²) in [4.78, 5) is 15.7. The van der Waals surface area contributed by atoms with Crippen molar-refractivity contribution in [2.24, 2.45) is 17.8 Å². The predicted molar refractivity (Wildman–Crippen MR) is 68.9 cm³/mol. The number of hydrogen-bond donors (Lipinski definition) is 2. The Labute approximate surface area is 102 Å². The molecule has 0 aromatic carbocycles. The quantitative estimate of drug-likeness (QED) is 0.639. The Morgan fingerprint density at radius 2 is 2.38 bits per heavy atom. The monoisotopic (exact) mass is 284 g/mol. The molecule has 0 unspecified atom stereocenters. The van der Waals surface area contributed by atoms with Crippen molar-refractivity contribution in [2.75, 3.05) is 7.05 Å². The molecule has 0 bridgehead atoms. The van der Waals surface area contributed by atoms with Crippen molar-refractivity contribution in [1.82, 2.24) is 9.88 Å². The Morgan fingerprint density at radius 3 is 3.00 bits per heavy atom. The van der Waals surface area contributed by atoms with Crippen molar-refractivity contribution in [3.63, 3.8) is 0 Å². The van der Waals surface area contributed by atoms with Crippen LogP contribution in [0.2, 0.25) is 0 Å². The lowest BCUT2D eigenvalue weighted by molar-refractivity contribution is 0.856. The molecule has 0 fully saturated rings. The van der Waals surface area contributed by atoms with Gasteiger partial charge in [0.1, 0.15) is 11.5 Å². The summed E-state index contributed by atoms with van der Waals surface area (Å²) in [7, 11) is 3.41. The molecule has 3 N–H and O–H groups in total. The summed E-state index contributed by atoms with van der Waals surface area (Å²) in [5, 5.41) is 2.79. The van der Waals surface area contributed by atoms with Gasteiger partial charge >= 0.3 is 0 Å². The van der Waals surface area contributed by atoms with Gasteiger partial charge in [-0.05, 0) is 34.3 Å². The number of nitrogens with one attached hydrogen (secondary N) is 1. The third kappa shape index (κ3) is 3.23. The highest BCUT2D eigenvalue weighted by Gasteiger charge is 2.02. The number of pyridine rings is 1. The van der Waals surface area contributed by atoms with E-state index in [-0.39, 0.29) is 11.4 Å². The van der Waals surface area contributed by atoms with Crippen LogP contribution in [0.1, 0.15) is 0 Å². The maximum atomic E-state index is 11.7. The molecule has 0 amide bonds. The van der Waals surface area contributed by atoms with Crippen molar-refractivity contribution >= 4 is 27.5 Å². The fourth-order valence-electron chi connectivity index (χ4n) is 1.08. The van der Waals surface area contributed by atoms with E-state index in [1.165, 1.54) is 4.57 Å². The molecular weight excluding hydrogens is 272 g/mol. The van der Waals surface area contributed by atoms with Crippen LogP contribution in [0.4, 0.5) is 5.69 Å². The molecule has 1 rings (SSSR count). The molecule has 0 aliphatic heterocycles. The van der Waals surface area contributed by atoms with Crippen molar-refractivity contribution in [1.29, 1.82) is 0 Å². The fraction of sp³-hybridized carbons (Fsp3) is 0.200. The van der Waals surface area contributed by atoms with E-state index in [0.717, 1.165) is 4.47 Å². The van der Waals surface area contributed by atoms with Gasteiger partial charge in [0.15, 0.2) is 0 Å². The molecule has 16 heavy (non-hydrogen) atoms. The smallest absolute Gasteiger partial charge is 0.276 e. The standard InChI is InChI=1S/C10H13BrN4O/c1-13-4-3-9(12)14-8-5-7(11)6-15(2)10(8)16/h3-6,13H,1-2H3,(H2,12,14)/b4-3-. The van der Waals surface area contributed by atoms with Crippen LogP contribution in [0.25, 0.3) is 0 Å². The second-order valence-electron chi connectivity index (χ2n) is 3.12. The van der Waals surface area contributed by atoms with Gasteiger partial charge in [-0.3, -0.25) is 4.79 Å². The summed E-state index contributed by atoms with van der Waals surface area (Å²) in [6.45, 7) is 0. The SMILES string of the molecule is CN/C=C\C(N)=Nc1cc(Br)cn(C)c1=O. The van der Waals surface area contributed by atoms with Gasteiger partial charge in [-0.15, -0.1) is 0 Å². The van der Waals surface area contributed by atoms with Gasteiger partial charge in [0.05, 0.1) is 0 Å². The molecule has 1 heterocycles. The van der Waals surface area contributed by atoms with Gasteiger partial charge in [-0.25, -0.2) is 4.99 Å². The van der Waals surface area contributed by atoms with Crippen molar-refractivity contribution in [2.45, 2.75) is 0 Å². The highest BCUT2D eigenvalue weighted by atomic mass is 79.9. The zero-order valence-corrected chi connectivity index (χ0v) is 10.7. The number of hydrogen-bond acceptors (Lipinski definition) is 3. The lowest BCUT2D eigenvalue weighted by atomic mass is 10.4. The topological polar surface area (TPSA) is 72.4 Å². The average Bonchev–Trinajstić information content (AvgIpc) is 2.22. The molecule has 0 saturated heterocycles. The number of nitrogens with zero attached hydrogens (tertiary/aromatic N) is 2. The van der Waals surface area contributed by atoms with E-state index in [1.807, 2.05) is 0 Å². The van der Waals surface area contributed by atoms with Crippen LogP contribution in [-0.4, -0.2) is 17.5 Å². The van der Waals surface area contributed by atoms with Gasteiger partial charge in [-0.1, -0.05) is 0 Å². The fourth-order valence-corrected chi connectivity index (χ4v) is 1.60. The first kappa shape index (κ1) is 12.5. The van der Waals surface area contributed by atoms with Crippen molar-refractivity contribution in [3.8, 4) is 0 Å². The zero-order valence-electron chi connectivity index (χ0n) is 9.07. The third-order valence-electron chi connectivity index (χ3n) is 1.80. The van der Waals surface area contributed by atoms with E-state index >= 15 is 0 Å². The number of halogens is 1. The van der Waals surface area contributed by atoms with Gasteiger partial charge in [0, 0.05) is 24.8 Å². The molecule has 5 nitrogen and oxygen atoms in total. The van der Waals surface area contributed by atoms with E-state index in [1.54, 1.807) is 38.6 Å². The van der Waals surface area contributed by atoms with Crippen LogP contribution in [0, 0.1) is 0 Å². The predicted octanol–water partition coefficient (Wildman–Crippen LogP) is 0.870. The highest BCUT2D eigenvalue weighted by molar-refractivity contribution is 9.10. The Bertz CT molecular complexity index is 490. The minimum absolute atomic E-state index is 0.191. The van der Waals surface area contributed by atoms with E-state index in [9.17, 15) is 4.79 Å². The first-order valence-corrected chi connectivity index (χ1v) is 5.38. The molecule has 86 valence electrons. The molecule has 0 spiro atoms. The number of aliphatic imine (C=N–C) groups is 1. The minimum atomic E-state index is -0.191. The summed E-state index contributed by atoms with van der Waals surface area (Å²) in [5.41, 5.74) is 5.73. The van der Waals surface area contributed by atoms with Gasteiger partial charge < -0.3 is 15.6 Å². The molecule has 0 radical (unpaired) electrons. The van der Waals surface area contributed by atoms with E-state index in [0.29, 0.717) is 5.69 Å². The molecular formula is C10H13BrN4O. The molecule has 1 aromatic rings. The number of amidine groups is 1. The molecule has 1 aromatic heterocycles. The number of aromatic nitrogens is 1. The van der Waals surface area contributed by atoms with Crippen LogP contribution >= 0.6 is 15.9 Å². The Balaban J connectivity index is 3.15. The molecule has 0 atom stereocenters. The summed E-state index contributed by atoms with van der Waals surface area (Å²) in [6.07, 6.45) is 4.89. The summed E-state index contributed by atoms with van der Waals surface area (Å²) >= 11 is 3.29. The lowest BCUT2D eigenvalue weighted by Crippen LogP contribution is -2.17. The van der Waals surface area contributed by atoms with Crippen LogP contribution < -0.4 is 16.6 Å². The zero-order chi connectivity index (χ0) is 12.1. The highest BCUT2D eigenvalue weighted by Crippen LogP contribution is 2.13. The second kappa shape index (κ2) is 5.50. The average molecular weight is 285 g/mol. The number of rotatable bonds is 3. The maximum absolute atomic E-state index is 11.7. The van der Waals surface area contributed by atoms with Gasteiger partial charge in [0.25, 0.3) is 5.56 Å². The van der Waals surface area contributed by atoms with E-state index < -0.39 is 0 Å². The lowest BCUT2D eigenvalue weighted by Gasteiger charge is -2.01. The van der Waals surface area contributed by atoms with Crippen LogP contribution in [0.3, 0.4) is 0 Å². The molecule has 0 aliphatic rings. The van der Waals surface area contributed by atoms with Gasteiger partial charge in [0.2, 0.25) is 0 Å². The second-order valence-corrected chi connectivity index (χ2v) is 4.03. The van der Waals surface area contributed by atoms with Gasteiger partial charge in [-0.2, -0.15) is 0 Å². The molecule has 6 heteroatoms. The molecule has 0 aliphatic carbocycles. The number of aryl methyl sites for hydroxylation is 1. The van der Waals surface area contributed by atoms with Crippen molar-refractivity contribution in [3.05, 3.63) is 39.4 Å². The largest absolute Gasteiger partial charge is 0.394 e. The van der Waals surface area contributed by atoms with Crippen LogP contribution in [-0.2, 0) is 7.05 Å². The number of nitrogens with two attached hydrogens (primary N) is 1. The Kier molecular flexibility index (Phi) is 4.30. The first-order chi connectivity index (χ1) is 7.54.